The summed E-state index contributed by atoms with van der Waals surface area (Å²) in [5.41, 5.74) is 0. The number of hydrogen-bond acceptors (Lipinski definition) is 3. The van der Waals surface area contributed by atoms with Crippen LogP contribution in [0.5, 0.6) is 0 Å². The molecule has 5 nitrogen and oxygen atoms in total. The van der Waals surface area contributed by atoms with Gasteiger partial charge in [-0.1, -0.05) is 149 Å². The van der Waals surface area contributed by atoms with E-state index in [2.05, 4.69) is 37.4 Å². The number of nitrogens with zero attached hydrogens (tertiary/aromatic N) is 1. The van der Waals surface area contributed by atoms with Crippen LogP contribution >= 0.6 is 7.82 Å². The smallest absolute Gasteiger partial charge is 0.309 e. The van der Waals surface area contributed by atoms with Gasteiger partial charge in [-0.25, -0.2) is 4.57 Å². The molecule has 0 heterocycles. The van der Waals surface area contributed by atoms with Gasteiger partial charge in [0.15, 0.2) is 0 Å². The number of rotatable bonds is 26. The summed E-state index contributed by atoms with van der Waals surface area (Å²) in [6, 6.07) is 0. The summed E-state index contributed by atoms with van der Waals surface area (Å²) in [6.07, 6.45) is 30.7. The highest BCUT2D eigenvalue weighted by atomic mass is 31.2. The van der Waals surface area contributed by atoms with E-state index < -0.39 is 7.82 Å². The first-order valence-electron chi connectivity index (χ1n) is 15.2. The highest BCUT2D eigenvalue weighted by molar-refractivity contribution is 7.46. The summed E-state index contributed by atoms with van der Waals surface area (Å²) >= 11 is 0. The van der Waals surface area contributed by atoms with Crippen LogP contribution < -0.4 is 0 Å². The third kappa shape index (κ3) is 41.5. The van der Waals surface area contributed by atoms with Crippen LogP contribution in [0.25, 0.3) is 0 Å². The maximum absolute atomic E-state index is 10.4. The van der Waals surface area contributed by atoms with Crippen molar-refractivity contribution in [1.29, 1.82) is 0 Å². The van der Waals surface area contributed by atoms with Crippen LogP contribution in [0, 0.1) is 0 Å². The zero-order valence-corrected chi connectivity index (χ0v) is 25.2. The molecule has 0 aromatic carbocycles. The van der Waals surface area contributed by atoms with Gasteiger partial charge < -0.3 is 14.7 Å². The first-order chi connectivity index (χ1) is 16.8. The maximum Gasteiger partial charge on any atom is 0.469 e. The van der Waals surface area contributed by atoms with Gasteiger partial charge >= 0.3 is 7.82 Å². The Morgan fingerprint density at radius 2 is 0.800 bits per heavy atom. The topological polar surface area (TPSA) is 70.0 Å². The fourth-order valence-corrected chi connectivity index (χ4v) is 4.59. The number of unbranched alkanes of at least 4 members (excludes halogenated alkanes) is 21. The van der Waals surface area contributed by atoms with Gasteiger partial charge in [0.05, 0.1) is 6.61 Å². The van der Waals surface area contributed by atoms with E-state index in [0.717, 1.165) is 19.3 Å². The molecule has 0 fully saturated rings. The van der Waals surface area contributed by atoms with E-state index in [9.17, 15) is 4.57 Å². The molecule has 35 heavy (non-hydrogen) atoms. The van der Waals surface area contributed by atoms with E-state index in [1.807, 2.05) is 0 Å². The van der Waals surface area contributed by atoms with Crippen molar-refractivity contribution in [2.45, 2.75) is 162 Å². The van der Waals surface area contributed by atoms with Crippen LogP contribution in [0.3, 0.4) is 0 Å². The van der Waals surface area contributed by atoms with Gasteiger partial charge in [-0.2, -0.15) is 0 Å². The normalized spacial score (nSPS) is 11.6. The highest BCUT2D eigenvalue weighted by Gasteiger charge is 2.12. The molecule has 214 valence electrons. The molecule has 0 aliphatic heterocycles. The van der Waals surface area contributed by atoms with Crippen LogP contribution in [0.1, 0.15) is 162 Å². The van der Waals surface area contributed by atoms with Crippen molar-refractivity contribution in [2.24, 2.45) is 0 Å². The predicted molar refractivity (Wildman–Crippen MR) is 154 cm³/mol. The molecule has 0 aromatic rings. The molecule has 0 unspecified atom stereocenters. The standard InChI is InChI=1S/C15H33O4P.C14H31N/c1-2-3-4-5-6-7-8-9-10-11-12-13-14-15-19-20(16,17)18;1-4-5-6-7-8-9-10-11-12-13-14-15(2)3/h2-15H2,1H3,(H2,16,17,18);4-14H2,1-3H3. The van der Waals surface area contributed by atoms with Crippen LogP contribution in [0.4, 0.5) is 0 Å². The molecule has 0 aliphatic carbocycles. The Kier molecular flexibility index (Phi) is 32.2. The lowest BCUT2D eigenvalue weighted by atomic mass is 10.0. The predicted octanol–water partition coefficient (Wildman–Crippen LogP) is 9.66. The molecule has 0 aliphatic rings. The van der Waals surface area contributed by atoms with Crippen molar-refractivity contribution in [3.05, 3.63) is 0 Å². The molecule has 0 radical (unpaired) electrons. The Morgan fingerprint density at radius 1 is 0.514 bits per heavy atom. The Bertz CT molecular complexity index is 429. The number of phosphoric acid groups is 1. The largest absolute Gasteiger partial charge is 0.469 e. The molecule has 0 spiro atoms. The fourth-order valence-electron chi connectivity index (χ4n) is 4.22. The molecule has 0 saturated carbocycles. The third-order valence-electron chi connectivity index (χ3n) is 6.47. The summed E-state index contributed by atoms with van der Waals surface area (Å²) in [4.78, 5) is 19.3. The van der Waals surface area contributed by atoms with E-state index in [1.54, 1.807) is 0 Å². The lowest BCUT2D eigenvalue weighted by Crippen LogP contribution is -2.12. The summed E-state index contributed by atoms with van der Waals surface area (Å²) in [5, 5.41) is 0. The summed E-state index contributed by atoms with van der Waals surface area (Å²) in [7, 11) is 0.0707. The van der Waals surface area contributed by atoms with Gasteiger partial charge in [0, 0.05) is 0 Å². The highest BCUT2D eigenvalue weighted by Crippen LogP contribution is 2.35. The van der Waals surface area contributed by atoms with E-state index in [4.69, 9.17) is 9.79 Å². The minimum absolute atomic E-state index is 0.169. The molecule has 2 N–H and O–H groups in total. The van der Waals surface area contributed by atoms with E-state index in [-0.39, 0.29) is 6.61 Å². The molecule has 0 saturated heterocycles. The minimum Gasteiger partial charge on any atom is -0.309 e. The summed E-state index contributed by atoms with van der Waals surface area (Å²) < 4.78 is 14.8. The van der Waals surface area contributed by atoms with Gasteiger partial charge in [0.1, 0.15) is 0 Å². The van der Waals surface area contributed by atoms with Crippen LogP contribution in [0.15, 0.2) is 0 Å². The molecule has 0 atom stereocenters. The van der Waals surface area contributed by atoms with E-state index in [0.29, 0.717) is 0 Å². The van der Waals surface area contributed by atoms with Crippen molar-refractivity contribution < 1.29 is 18.9 Å². The first-order valence-corrected chi connectivity index (χ1v) is 16.7. The first kappa shape index (κ1) is 37.2. The number of phosphoric ester groups is 1. The molecular weight excluding hydrogens is 457 g/mol. The zero-order chi connectivity index (χ0) is 26.5. The Labute approximate surface area is 220 Å². The molecule has 0 amide bonds. The van der Waals surface area contributed by atoms with Gasteiger partial charge in [0.2, 0.25) is 0 Å². The molecule has 0 aromatic heterocycles. The van der Waals surface area contributed by atoms with Gasteiger partial charge in [-0.15, -0.1) is 0 Å². The van der Waals surface area contributed by atoms with Crippen LogP contribution in [0.2, 0.25) is 0 Å². The lowest BCUT2D eigenvalue weighted by molar-refractivity contribution is 0.193. The maximum atomic E-state index is 10.4. The molecule has 0 rings (SSSR count). The van der Waals surface area contributed by atoms with Gasteiger partial charge in [-0.3, -0.25) is 4.52 Å². The summed E-state index contributed by atoms with van der Waals surface area (Å²) in [5.74, 6) is 0. The Morgan fingerprint density at radius 3 is 1.09 bits per heavy atom. The second-order valence-corrected chi connectivity index (χ2v) is 11.8. The zero-order valence-electron chi connectivity index (χ0n) is 24.3. The average Bonchev–Trinajstić information content (AvgIpc) is 2.80. The van der Waals surface area contributed by atoms with E-state index >= 15 is 0 Å². The van der Waals surface area contributed by atoms with E-state index in [1.165, 1.54) is 135 Å². The quantitative estimate of drug-likeness (QED) is 0.0875. The average molecular weight is 522 g/mol. The van der Waals surface area contributed by atoms with Crippen LogP contribution in [-0.4, -0.2) is 41.9 Å². The van der Waals surface area contributed by atoms with Gasteiger partial charge in [-0.05, 0) is 33.5 Å². The van der Waals surface area contributed by atoms with Crippen molar-refractivity contribution in [1.82, 2.24) is 4.90 Å². The number of hydrogen-bond donors (Lipinski definition) is 2. The Balaban J connectivity index is 0. The van der Waals surface area contributed by atoms with Crippen LogP contribution in [-0.2, 0) is 9.09 Å². The second-order valence-electron chi connectivity index (χ2n) is 10.6. The molecule has 6 heteroatoms. The second kappa shape index (κ2) is 30.3. The lowest BCUT2D eigenvalue weighted by Gasteiger charge is -2.08. The van der Waals surface area contributed by atoms with Crippen molar-refractivity contribution in [2.75, 3.05) is 27.2 Å². The van der Waals surface area contributed by atoms with Gasteiger partial charge in [0.25, 0.3) is 0 Å². The SMILES string of the molecule is CCCCCCCCCCCCCCCOP(=O)(O)O.CCCCCCCCCCCCN(C)C. The monoisotopic (exact) mass is 521 g/mol. The Hall–Kier alpha value is 0.0700. The third-order valence-corrected chi connectivity index (χ3v) is 6.99. The van der Waals surface area contributed by atoms with Crippen molar-refractivity contribution in [3.63, 3.8) is 0 Å². The molecular formula is C29H64NO4P. The fraction of sp³-hybridized carbons (Fsp3) is 1.00. The van der Waals surface area contributed by atoms with Crippen molar-refractivity contribution in [3.8, 4) is 0 Å². The summed E-state index contributed by atoms with van der Waals surface area (Å²) in [6.45, 7) is 5.96. The minimum atomic E-state index is -4.25. The van der Waals surface area contributed by atoms with Crippen molar-refractivity contribution >= 4 is 7.82 Å². The molecule has 0 bridgehead atoms.